The third-order valence-electron chi connectivity index (χ3n) is 1.71. The van der Waals surface area contributed by atoms with Gasteiger partial charge in [-0.1, -0.05) is 0 Å². The second kappa shape index (κ2) is 5.55. The van der Waals surface area contributed by atoms with Crippen LogP contribution in [0.15, 0.2) is 12.1 Å². The molecule has 4 N–H and O–H groups in total. The molecule has 1 rings (SSSR count). The van der Waals surface area contributed by atoms with Crippen LogP contribution in [0.25, 0.3) is 0 Å². The van der Waals surface area contributed by atoms with Gasteiger partial charge in [-0.3, -0.25) is 4.79 Å². The fraction of sp³-hybridized carbons (Fsp3) is 0.375. The van der Waals surface area contributed by atoms with Gasteiger partial charge in [-0.05, 0) is 12.1 Å². The highest BCUT2D eigenvalue weighted by Gasteiger charge is 2.03. The molecule has 0 saturated carbocycles. The zero-order chi connectivity index (χ0) is 12.9. The molecule has 8 nitrogen and oxygen atoms in total. The lowest BCUT2D eigenvalue weighted by atomic mass is 10.4. The maximum atomic E-state index is 10.7. The highest BCUT2D eigenvalue weighted by Crippen LogP contribution is 2.00. The quantitative estimate of drug-likeness (QED) is 0.536. The van der Waals surface area contributed by atoms with Gasteiger partial charge in [0.05, 0.1) is 6.26 Å². The molecule has 1 aromatic rings. The number of hydrogen-bond donors (Lipinski definition) is 3. The third kappa shape index (κ3) is 5.22. The van der Waals surface area contributed by atoms with Gasteiger partial charge in [0, 0.05) is 13.1 Å². The van der Waals surface area contributed by atoms with E-state index in [2.05, 4.69) is 20.2 Å². The molecule has 0 unspecified atom stereocenters. The first-order chi connectivity index (χ1) is 7.88. The predicted octanol–water partition coefficient (Wildman–Crippen LogP) is -1.46. The summed E-state index contributed by atoms with van der Waals surface area (Å²) >= 11 is 0. The predicted molar refractivity (Wildman–Crippen MR) is 61.9 cm³/mol. The number of anilines is 1. The van der Waals surface area contributed by atoms with E-state index in [0.29, 0.717) is 12.4 Å². The Hall–Kier alpha value is -1.74. The van der Waals surface area contributed by atoms with Crippen molar-refractivity contribution >= 4 is 21.7 Å². The normalized spacial score (nSPS) is 11.1. The van der Waals surface area contributed by atoms with Crippen LogP contribution in [0.3, 0.4) is 0 Å². The third-order valence-corrected chi connectivity index (χ3v) is 2.44. The highest BCUT2D eigenvalue weighted by molar-refractivity contribution is 7.88. The van der Waals surface area contributed by atoms with Crippen LogP contribution in [0.1, 0.15) is 10.5 Å². The van der Waals surface area contributed by atoms with Crippen molar-refractivity contribution in [3.8, 4) is 0 Å². The lowest BCUT2D eigenvalue weighted by molar-refractivity contribution is 0.0994. The van der Waals surface area contributed by atoms with Crippen molar-refractivity contribution in [3.63, 3.8) is 0 Å². The molecular weight excluding hydrogens is 246 g/mol. The van der Waals surface area contributed by atoms with Crippen LogP contribution in [-0.4, -0.2) is 43.9 Å². The van der Waals surface area contributed by atoms with Crippen LogP contribution in [0.4, 0.5) is 5.82 Å². The van der Waals surface area contributed by atoms with Gasteiger partial charge in [-0.25, -0.2) is 13.1 Å². The average Bonchev–Trinajstić information content (AvgIpc) is 2.24. The minimum atomic E-state index is -3.18. The van der Waals surface area contributed by atoms with E-state index >= 15 is 0 Å². The summed E-state index contributed by atoms with van der Waals surface area (Å²) in [4.78, 5) is 10.7. The Morgan fingerprint density at radius 1 is 1.35 bits per heavy atom. The molecule has 0 radical (unpaired) electrons. The lowest BCUT2D eigenvalue weighted by Gasteiger charge is -2.05. The summed E-state index contributed by atoms with van der Waals surface area (Å²) in [5, 5.41) is 10.1. The van der Waals surface area contributed by atoms with Gasteiger partial charge in [-0.15, -0.1) is 10.2 Å². The molecule has 94 valence electrons. The number of aromatic nitrogens is 2. The molecule has 0 saturated heterocycles. The van der Waals surface area contributed by atoms with Crippen LogP contribution < -0.4 is 15.8 Å². The number of nitrogens with two attached hydrogens (primary N) is 1. The Bertz CT molecular complexity index is 484. The molecule has 0 atom stereocenters. The van der Waals surface area contributed by atoms with Gasteiger partial charge in [0.15, 0.2) is 5.69 Å². The molecule has 1 amide bonds. The monoisotopic (exact) mass is 259 g/mol. The van der Waals surface area contributed by atoms with E-state index in [0.717, 1.165) is 6.26 Å². The summed E-state index contributed by atoms with van der Waals surface area (Å²) in [5.74, 6) is -0.215. The van der Waals surface area contributed by atoms with E-state index in [1.807, 2.05) is 0 Å². The van der Waals surface area contributed by atoms with E-state index in [-0.39, 0.29) is 12.2 Å². The molecule has 0 aliphatic rings. The van der Waals surface area contributed by atoms with E-state index in [9.17, 15) is 13.2 Å². The van der Waals surface area contributed by atoms with Crippen LogP contribution in [0, 0.1) is 0 Å². The Balaban J connectivity index is 2.40. The Kier molecular flexibility index (Phi) is 4.35. The molecule has 0 bridgehead atoms. The number of sulfonamides is 1. The van der Waals surface area contributed by atoms with Crippen molar-refractivity contribution in [2.75, 3.05) is 24.7 Å². The zero-order valence-electron chi connectivity index (χ0n) is 9.17. The second-order valence-corrected chi connectivity index (χ2v) is 5.09. The standard InChI is InChI=1S/C8H13N5O3S/c1-17(15,16)11-5-4-10-7-3-2-6(8(9)14)12-13-7/h2-3,11H,4-5H2,1H3,(H2,9,14)(H,10,13). The summed E-state index contributed by atoms with van der Waals surface area (Å²) in [5.41, 5.74) is 5.07. The minimum Gasteiger partial charge on any atom is -0.367 e. The van der Waals surface area contributed by atoms with E-state index in [1.54, 1.807) is 0 Å². The molecule has 0 aliphatic carbocycles. The summed E-state index contributed by atoms with van der Waals surface area (Å²) in [6.45, 7) is 0.593. The largest absolute Gasteiger partial charge is 0.367 e. The van der Waals surface area contributed by atoms with E-state index in [1.165, 1.54) is 12.1 Å². The first-order valence-electron chi connectivity index (χ1n) is 4.70. The highest BCUT2D eigenvalue weighted by atomic mass is 32.2. The van der Waals surface area contributed by atoms with Crippen molar-refractivity contribution in [1.29, 1.82) is 0 Å². The second-order valence-electron chi connectivity index (χ2n) is 3.26. The Morgan fingerprint density at radius 3 is 2.53 bits per heavy atom. The maximum absolute atomic E-state index is 10.7. The van der Waals surface area contributed by atoms with Gasteiger partial charge < -0.3 is 11.1 Å². The van der Waals surface area contributed by atoms with Crippen molar-refractivity contribution in [1.82, 2.24) is 14.9 Å². The molecule has 1 aromatic heterocycles. The summed E-state index contributed by atoms with van der Waals surface area (Å²) < 4.78 is 23.8. The molecule has 0 fully saturated rings. The zero-order valence-corrected chi connectivity index (χ0v) is 9.99. The number of rotatable bonds is 6. The summed E-state index contributed by atoms with van der Waals surface area (Å²) in [7, 11) is -3.18. The van der Waals surface area contributed by atoms with Crippen LogP contribution in [-0.2, 0) is 10.0 Å². The number of carbonyl (C=O) groups excluding carboxylic acids is 1. The van der Waals surface area contributed by atoms with E-state index in [4.69, 9.17) is 5.73 Å². The Morgan fingerprint density at radius 2 is 2.06 bits per heavy atom. The molecule has 0 aliphatic heterocycles. The number of hydrogen-bond acceptors (Lipinski definition) is 6. The average molecular weight is 259 g/mol. The number of amides is 1. The first-order valence-corrected chi connectivity index (χ1v) is 6.59. The van der Waals surface area contributed by atoms with Crippen molar-refractivity contribution < 1.29 is 13.2 Å². The topological polar surface area (TPSA) is 127 Å². The van der Waals surface area contributed by atoms with Crippen molar-refractivity contribution in [3.05, 3.63) is 17.8 Å². The molecule has 1 heterocycles. The smallest absolute Gasteiger partial charge is 0.269 e. The van der Waals surface area contributed by atoms with Crippen molar-refractivity contribution in [2.24, 2.45) is 5.73 Å². The van der Waals surface area contributed by atoms with Gasteiger partial charge in [-0.2, -0.15) is 0 Å². The van der Waals surface area contributed by atoms with Gasteiger partial charge >= 0.3 is 0 Å². The van der Waals surface area contributed by atoms with Gasteiger partial charge in [0.2, 0.25) is 10.0 Å². The summed E-state index contributed by atoms with van der Waals surface area (Å²) in [6.07, 6.45) is 1.08. The van der Waals surface area contributed by atoms with Gasteiger partial charge in [0.25, 0.3) is 5.91 Å². The fourth-order valence-electron chi connectivity index (χ4n) is 0.985. The van der Waals surface area contributed by atoms with Crippen LogP contribution in [0.5, 0.6) is 0 Å². The SMILES string of the molecule is CS(=O)(=O)NCCNc1ccc(C(N)=O)nn1. The molecular formula is C8H13N5O3S. The van der Waals surface area contributed by atoms with Gasteiger partial charge in [0.1, 0.15) is 5.82 Å². The number of primary amides is 1. The minimum absolute atomic E-state index is 0.0739. The lowest BCUT2D eigenvalue weighted by Crippen LogP contribution is -2.27. The fourth-order valence-corrected chi connectivity index (χ4v) is 1.46. The summed E-state index contributed by atoms with van der Waals surface area (Å²) in [6, 6.07) is 2.97. The van der Waals surface area contributed by atoms with Crippen LogP contribution in [0.2, 0.25) is 0 Å². The Labute approximate surface area is 98.7 Å². The maximum Gasteiger partial charge on any atom is 0.269 e. The molecule has 17 heavy (non-hydrogen) atoms. The molecule has 0 spiro atoms. The first kappa shape index (κ1) is 13.3. The van der Waals surface area contributed by atoms with Crippen LogP contribution >= 0.6 is 0 Å². The molecule has 0 aromatic carbocycles. The molecule has 9 heteroatoms. The van der Waals surface area contributed by atoms with Crippen molar-refractivity contribution in [2.45, 2.75) is 0 Å². The number of nitrogens with one attached hydrogen (secondary N) is 2. The van der Waals surface area contributed by atoms with E-state index < -0.39 is 15.9 Å². The number of nitrogens with zero attached hydrogens (tertiary/aromatic N) is 2. The number of carbonyl (C=O) groups is 1.